The lowest BCUT2D eigenvalue weighted by atomic mass is 9.79. The molecule has 2 atom stereocenters. The van der Waals surface area contributed by atoms with Crippen molar-refractivity contribution in [1.29, 1.82) is 0 Å². The zero-order valence-electron chi connectivity index (χ0n) is 13.1. The molecule has 0 radical (unpaired) electrons. The average molecular weight is 315 g/mol. The Labute approximate surface area is 134 Å². The summed E-state index contributed by atoms with van der Waals surface area (Å²) in [5.41, 5.74) is 0.647. The number of nitrogens with one attached hydrogen (secondary N) is 1. The van der Waals surface area contributed by atoms with Gasteiger partial charge in [0.15, 0.2) is 11.5 Å². The summed E-state index contributed by atoms with van der Waals surface area (Å²) in [7, 11) is 0. The first-order chi connectivity index (χ1) is 11.4. The van der Waals surface area contributed by atoms with E-state index >= 15 is 0 Å². The Kier molecular flexibility index (Phi) is 3.22. The molecule has 0 aliphatic carbocycles. The Morgan fingerprint density at radius 3 is 2.83 bits per heavy atom. The zero-order chi connectivity index (χ0) is 15.2. The van der Waals surface area contributed by atoms with E-state index in [1.54, 1.807) is 6.26 Å². The normalized spacial score (nSPS) is 33.4. The molecule has 2 aromatic rings. The van der Waals surface area contributed by atoms with Crippen LogP contribution in [0.2, 0.25) is 0 Å². The molecule has 0 amide bonds. The monoisotopic (exact) mass is 315 g/mol. The van der Waals surface area contributed by atoms with Crippen LogP contribution in [0.4, 0.5) is 0 Å². The van der Waals surface area contributed by atoms with E-state index in [1.165, 1.54) is 25.9 Å². The van der Waals surface area contributed by atoms with Crippen LogP contribution < -0.4 is 5.32 Å². The summed E-state index contributed by atoms with van der Waals surface area (Å²) in [6.45, 7) is 4.51. The third-order valence-electron chi connectivity index (χ3n) is 5.53. The minimum Gasteiger partial charge on any atom is -0.446 e. The van der Waals surface area contributed by atoms with Gasteiger partial charge in [-0.2, -0.15) is 4.98 Å². The molecule has 1 unspecified atom stereocenters. The molecule has 0 saturated carbocycles. The van der Waals surface area contributed by atoms with E-state index in [4.69, 9.17) is 8.94 Å². The van der Waals surface area contributed by atoms with Gasteiger partial charge in [0.1, 0.15) is 6.26 Å². The van der Waals surface area contributed by atoms with Gasteiger partial charge < -0.3 is 19.2 Å². The number of nitrogens with zero attached hydrogens (tertiary/aromatic N) is 4. The van der Waals surface area contributed by atoms with E-state index in [1.807, 2.05) is 0 Å². The minimum atomic E-state index is 0.216. The topological polar surface area (TPSA) is 80.2 Å². The second-order valence-corrected chi connectivity index (χ2v) is 6.92. The quantitative estimate of drug-likeness (QED) is 0.927. The van der Waals surface area contributed by atoms with E-state index in [-0.39, 0.29) is 6.04 Å². The molecule has 2 aromatic heterocycles. The number of rotatable bonds is 3. The van der Waals surface area contributed by atoms with E-state index in [2.05, 4.69) is 25.3 Å². The van der Waals surface area contributed by atoms with Crippen LogP contribution in [0, 0.1) is 5.92 Å². The zero-order valence-corrected chi connectivity index (χ0v) is 13.1. The number of hydrogen-bond donors (Lipinski definition) is 1. The maximum Gasteiger partial charge on any atom is 0.279 e. The van der Waals surface area contributed by atoms with Crippen molar-refractivity contribution in [3.8, 4) is 11.6 Å². The summed E-state index contributed by atoms with van der Waals surface area (Å²) in [5.74, 6) is 3.13. The standard InChI is InChI=1S/C16H21N5O2/c1-2-12(17-5-1)15-18-13(9-22-15)16-19-14(20-23-16)11-8-21-6-3-10(11)4-7-21/h9-12,17H,1-8H2/t11?,12-/m0/s1. The Morgan fingerprint density at radius 1 is 1.17 bits per heavy atom. The maximum atomic E-state index is 5.60. The summed E-state index contributed by atoms with van der Waals surface area (Å²) < 4.78 is 11.1. The van der Waals surface area contributed by atoms with Crippen LogP contribution in [-0.4, -0.2) is 46.2 Å². The number of oxazole rings is 1. The molecule has 4 fully saturated rings. The Morgan fingerprint density at radius 2 is 2.09 bits per heavy atom. The molecule has 0 spiro atoms. The van der Waals surface area contributed by atoms with E-state index < -0.39 is 0 Å². The van der Waals surface area contributed by atoms with Crippen molar-refractivity contribution < 1.29 is 8.94 Å². The van der Waals surface area contributed by atoms with E-state index in [0.29, 0.717) is 23.4 Å². The molecular formula is C16H21N5O2. The van der Waals surface area contributed by atoms with Crippen molar-refractivity contribution in [2.24, 2.45) is 5.92 Å². The van der Waals surface area contributed by atoms with Gasteiger partial charge in [0.05, 0.1) is 6.04 Å². The molecule has 0 aromatic carbocycles. The fourth-order valence-electron chi connectivity index (χ4n) is 4.19. The number of piperidine rings is 3. The van der Waals surface area contributed by atoms with Crippen LogP contribution in [0.25, 0.3) is 11.6 Å². The lowest BCUT2D eigenvalue weighted by molar-refractivity contribution is 0.0825. The molecule has 6 rings (SSSR count). The fourth-order valence-corrected chi connectivity index (χ4v) is 4.19. The molecule has 4 aliphatic rings. The minimum absolute atomic E-state index is 0.216. The molecule has 4 aliphatic heterocycles. The first kappa shape index (κ1) is 13.7. The summed E-state index contributed by atoms with van der Waals surface area (Å²) in [6.07, 6.45) is 6.34. The van der Waals surface area contributed by atoms with E-state index in [0.717, 1.165) is 37.6 Å². The SMILES string of the molecule is c1oc([C@@H]2CCCN2)nc1-c1nc(C2CN3CCC2CC3)no1. The molecule has 23 heavy (non-hydrogen) atoms. The van der Waals surface area contributed by atoms with Crippen molar-refractivity contribution in [3.63, 3.8) is 0 Å². The van der Waals surface area contributed by atoms with Gasteiger partial charge in [-0.1, -0.05) is 5.16 Å². The van der Waals surface area contributed by atoms with Gasteiger partial charge in [-0.25, -0.2) is 4.98 Å². The highest BCUT2D eigenvalue weighted by Crippen LogP contribution is 2.38. The molecule has 7 nitrogen and oxygen atoms in total. The summed E-state index contributed by atoms with van der Waals surface area (Å²) in [4.78, 5) is 11.6. The predicted molar refractivity (Wildman–Crippen MR) is 81.7 cm³/mol. The van der Waals surface area contributed by atoms with Crippen LogP contribution in [-0.2, 0) is 0 Å². The summed E-state index contributed by atoms with van der Waals surface area (Å²) in [5, 5.41) is 7.62. The van der Waals surface area contributed by atoms with Crippen LogP contribution in [0.1, 0.15) is 49.4 Å². The lowest BCUT2D eigenvalue weighted by Gasteiger charge is -2.43. The van der Waals surface area contributed by atoms with Gasteiger partial charge >= 0.3 is 0 Å². The highest BCUT2D eigenvalue weighted by Gasteiger charge is 2.37. The van der Waals surface area contributed by atoms with Gasteiger partial charge in [0, 0.05) is 12.5 Å². The predicted octanol–water partition coefficient (Wildman–Crippen LogP) is 1.96. The number of hydrogen-bond acceptors (Lipinski definition) is 7. The molecule has 122 valence electrons. The lowest BCUT2D eigenvalue weighted by Crippen LogP contribution is -2.46. The van der Waals surface area contributed by atoms with Crippen molar-refractivity contribution >= 4 is 0 Å². The van der Waals surface area contributed by atoms with Crippen molar-refractivity contribution in [2.75, 3.05) is 26.2 Å². The highest BCUT2D eigenvalue weighted by molar-refractivity contribution is 5.44. The Balaban J connectivity index is 1.37. The Hall–Kier alpha value is -1.73. The average Bonchev–Trinajstić information content (AvgIpc) is 3.35. The highest BCUT2D eigenvalue weighted by atomic mass is 16.5. The van der Waals surface area contributed by atoms with Crippen molar-refractivity contribution in [3.05, 3.63) is 18.0 Å². The molecule has 4 saturated heterocycles. The van der Waals surface area contributed by atoms with Gasteiger partial charge in [-0.15, -0.1) is 0 Å². The smallest absolute Gasteiger partial charge is 0.279 e. The molecule has 1 N–H and O–H groups in total. The van der Waals surface area contributed by atoms with Gasteiger partial charge in [0.2, 0.25) is 5.89 Å². The maximum absolute atomic E-state index is 5.60. The van der Waals surface area contributed by atoms with Crippen LogP contribution in [0.3, 0.4) is 0 Å². The van der Waals surface area contributed by atoms with E-state index in [9.17, 15) is 0 Å². The van der Waals surface area contributed by atoms with Gasteiger partial charge in [-0.3, -0.25) is 0 Å². The fraction of sp³-hybridized carbons (Fsp3) is 0.688. The first-order valence-electron chi connectivity index (χ1n) is 8.62. The van der Waals surface area contributed by atoms with Crippen molar-refractivity contribution in [2.45, 2.75) is 37.6 Å². The molecular weight excluding hydrogens is 294 g/mol. The van der Waals surface area contributed by atoms with Crippen LogP contribution in [0.15, 0.2) is 15.2 Å². The number of aromatic nitrogens is 3. The first-order valence-corrected chi connectivity index (χ1v) is 8.62. The molecule has 2 bridgehead atoms. The second-order valence-electron chi connectivity index (χ2n) is 6.92. The largest absolute Gasteiger partial charge is 0.446 e. The third-order valence-corrected chi connectivity index (χ3v) is 5.53. The van der Waals surface area contributed by atoms with Crippen molar-refractivity contribution in [1.82, 2.24) is 25.3 Å². The number of fused-ring (bicyclic) bond motifs is 3. The Bertz CT molecular complexity index is 682. The third kappa shape index (κ3) is 2.38. The molecule has 7 heteroatoms. The summed E-state index contributed by atoms with van der Waals surface area (Å²) in [6, 6.07) is 0.216. The summed E-state index contributed by atoms with van der Waals surface area (Å²) >= 11 is 0. The van der Waals surface area contributed by atoms with Gasteiger partial charge in [-0.05, 0) is 51.2 Å². The van der Waals surface area contributed by atoms with Crippen LogP contribution >= 0.6 is 0 Å². The van der Waals surface area contributed by atoms with Gasteiger partial charge in [0.25, 0.3) is 5.89 Å². The molecule has 6 heterocycles. The van der Waals surface area contributed by atoms with Crippen LogP contribution in [0.5, 0.6) is 0 Å². The second kappa shape index (κ2) is 5.42.